The normalized spacial score (nSPS) is 10.3. The van der Waals surface area contributed by atoms with Gasteiger partial charge in [0.05, 0.1) is 8.71 Å². The van der Waals surface area contributed by atoms with Gasteiger partial charge in [-0.2, -0.15) is 0 Å². The van der Waals surface area contributed by atoms with Gasteiger partial charge in [-0.15, -0.1) is 11.3 Å². The molecule has 0 aliphatic rings. The van der Waals surface area contributed by atoms with Gasteiger partial charge >= 0.3 is 5.69 Å². The van der Waals surface area contributed by atoms with Crippen LogP contribution < -0.4 is 4.74 Å². The topological polar surface area (TPSA) is 52.4 Å². The average molecular weight is 328 g/mol. The van der Waals surface area contributed by atoms with Gasteiger partial charge in [0.2, 0.25) is 0 Å². The van der Waals surface area contributed by atoms with Gasteiger partial charge in [-0.05, 0) is 40.5 Å². The van der Waals surface area contributed by atoms with Crippen molar-refractivity contribution in [3.63, 3.8) is 0 Å². The SMILES string of the molecule is Cc1cccc([N+](=O)[O-])c1OCc1ccc(Br)s1. The van der Waals surface area contributed by atoms with Crippen molar-refractivity contribution in [3.8, 4) is 5.75 Å². The van der Waals surface area contributed by atoms with Gasteiger partial charge in [0, 0.05) is 10.9 Å². The van der Waals surface area contributed by atoms with Gasteiger partial charge in [-0.25, -0.2) is 0 Å². The number of nitro groups is 1. The van der Waals surface area contributed by atoms with Crippen molar-refractivity contribution in [2.75, 3.05) is 0 Å². The second-order valence-electron chi connectivity index (χ2n) is 3.67. The highest BCUT2D eigenvalue weighted by molar-refractivity contribution is 9.11. The van der Waals surface area contributed by atoms with Crippen molar-refractivity contribution in [2.24, 2.45) is 0 Å². The molecular weight excluding hydrogens is 318 g/mol. The second-order valence-corrected chi connectivity index (χ2v) is 6.22. The summed E-state index contributed by atoms with van der Waals surface area (Å²) in [5.74, 6) is 0.340. The van der Waals surface area contributed by atoms with Crippen LogP contribution in [0.15, 0.2) is 34.1 Å². The van der Waals surface area contributed by atoms with Crippen LogP contribution in [0.1, 0.15) is 10.4 Å². The van der Waals surface area contributed by atoms with Crippen molar-refractivity contribution < 1.29 is 9.66 Å². The minimum absolute atomic E-state index is 0.00521. The minimum atomic E-state index is -0.424. The van der Waals surface area contributed by atoms with Gasteiger partial charge in [0.15, 0.2) is 5.75 Å². The summed E-state index contributed by atoms with van der Waals surface area (Å²) in [5.41, 5.74) is 0.769. The van der Waals surface area contributed by atoms with Crippen LogP contribution in [0.5, 0.6) is 5.75 Å². The lowest BCUT2D eigenvalue weighted by atomic mass is 10.2. The molecule has 18 heavy (non-hydrogen) atoms. The molecular formula is C12H10BrNO3S. The van der Waals surface area contributed by atoms with Crippen LogP contribution >= 0.6 is 27.3 Å². The van der Waals surface area contributed by atoms with Crippen LogP contribution in [0.3, 0.4) is 0 Å². The number of halogens is 1. The Bertz CT molecular complexity index is 582. The lowest BCUT2D eigenvalue weighted by molar-refractivity contribution is -0.386. The lowest BCUT2D eigenvalue weighted by Gasteiger charge is -2.08. The first-order chi connectivity index (χ1) is 8.58. The number of thiophene rings is 1. The van der Waals surface area contributed by atoms with E-state index in [-0.39, 0.29) is 5.69 Å². The predicted octanol–water partition coefficient (Wildman–Crippen LogP) is 4.31. The van der Waals surface area contributed by atoms with Gasteiger partial charge < -0.3 is 4.74 Å². The third kappa shape index (κ3) is 2.88. The number of benzene rings is 1. The van der Waals surface area contributed by atoms with Gasteiger partial charge in [0.1, 0.15) is 6.61 Å². The van der Waals surface area contributed by atoms with Crippen LogP contribution in [-0.2, 0) is 6.61 Å². The molecule has 0 amide bonds. The van der Waals surface area contributed by atoms with Gasteiger partial charge in [-0.3, -0.25) is 10.1 Å². The first-order valence-electron chi connectivity index (χ1n) is 5.19. The summed E-state index contributed by atoms with van der Waals surface area (Å²) in [5, 5.41) is 10.9. The predicted molar refractivity (Wildman–Crippen MR) is 74.2 cm³/mol. The molecule has 0 saturated carbocycles. The first kappa shape index (κ1) is 13.0. The van der Waals surface area contributed by atoms with Crippen LogP contribution in [0.4, 0.5) is 5.69 Å². The average Bonchev–Trinajstić information content (AvgIpc) is 2.73. The lowest BCUT2D eigenvalue weighted by Crippen LogP contribution is -1.99. The van der Waals surface area contributed by atoms with E-state index in [1.807, 2.05) is 12.1 Å². The van der Waals surface area contributed by atoms with Crippen molar-refractivity contribution in [2.45, 2.75) is 13.5 Å². The highest BCUT2D eigenvalue weighted by Crippen LogP contribution is 2.32. The number of ether oxygens (including phenoxy) is 1. The maximum absolute atomic E-state index is 10.9. The molecule has 0 spiro atoms. The van der Waals surface area contributed by atoms with Crippen LogP contribution in [0.2, 0.25) is 0 Å². The molecule has 4 nitrogen and oxygen atoms in total. The van der Waals surface area contributed by atoms with E-state index in [1.165, 1.54) is 6.07 Å². The van der Waals surface area contributed by atoms with E-state index in [1.54, 1.807) is 30.4 Å². The molecule has 0 fully saturated rings. The number of hydrogen-bond acceptors (Lipinski definition) is 4. The molecule has 0 bridgehead atoms. The molecule has 2 aromatic rings. The fourth-order valence-electron chi connectivity index (χ4n) is 1.54. The fourth-order valence-corrected chi connectivity index (χ4v) is 2.94. The number of nitrogens with zero attached hydrogens (tertiary/aromatic N) is 1. The Morgan fingerprint density at radius 3 is 2.78 bits per heavy atom. The molecule has 94 valence electrons. The molecule has 1 aromatic carbocycles. The Morgan fingerprint density at radius 2 is 2.17 bits per heavy atom. The zero-order chi connectivity index (χ0) is 13.1. The van der Waals surface area contributed by atoms with Gasteiger partial charge in [-0.1, -0.05) is 12.1 Å². The van der Waals surface area contributed by atoms with Crippen LogP contribution in [-0.4, -0.2) is 4.92 Å². The molecule has 0 unspecified atom stereocenters. The maximum atomic E-state index is 10.9. The Balaban J connectivity index is 2.20. The second kappa shape index (κ2) is 5.49. The summed E-state index contributed by atoms with van der Waals surface area (Å²) in [7, 11) is 0. The van der Waals surface area contributed by atoms with Crippen LogP contribution in [0, 0.1) is 17.0 Å². The first-order valence-corrected chi connectivity index (χ1v) is 6.80. The summed E-state index contributed by atoms with van der Waals surface area (Å²) in [6, 6.07) is 8.76. The number of para-hydroxylation sites is 1. The molecule has 0 saturated heterocycles. The Hall–Kier alpha value is -1.40. The number of nitro benzene ring substituents is 1. The minimum Gasteiger partial charge on any atom is -0.481 e. The Kier molecular flexibility index (Phi) is 3.98. The number of rotatable bonds is 4. The van der Waals surface area contributed by atoms with Crippen molar-refractivity contribution in [3.05, 3.63) is 54.7 Å². The zero-order valence-corrected chi connectivity index (χ0v) is 12.0. The third-order valence-electron chi connectivity index (χ3n) is 2.38. The van der Waals surface area contributed by atoms with E-state index in [4.69, 9.17) is 4.74 Å². The summed E-state index contributed by atoms with van der Waals surface area (Å²) in [6.07, 6.45) is 0. The molecule has 1 aromatic heterocycles. The fraction of sp³-hybridized carbons (Fsp3) is 0.167. The van der Waals surface area contributed by atoms with E-state index < -0.39 is 4.92 Å². The van der Waals surface area contributed by atoms with E-state index in [2.05, 4.69) is 15.9 Å². The van der Waals surface area contributed by atoms with E-state index in [0.717, 1.165) is 14.2 Å². The van der Waals surface area contributed by atoms with E-state index in [9.17, 15) is 10.1 Å². The summed E-state index contributed by atoms with van der Waals surface area (Å²) < 4.78 is 6.59. The molecule has 0 aliphatic heterocycles. The quantitative estimate of drug-likeness (QED) is 0.621. The summed E-state index contributed by atoms with van der Waals surface area (Å²) in [4.78, 5) is 11.5. The third-order valence-corrected chi connectivity index (χ3v) is 3.97. The van der Waals surface area contributed by atoms with E-state index >= 15 is 0 Å². The molecule has 6 heteroatoms. The molecule has 2 rings (SSSR count). The van der Waals surface area contributed by atoms with Crippen molar-refractivity contribution in [1.29, 1.82) is 0 Å². The molecule has 0 radical (unpaired) electrons. The zero-order valence-electron chi connectivity index (χ0n) is 9.55. The summed E-state index contributed by atoms with van der Waals surface area (Å²) in [6.45, 7) is 2.13. The monoisotopic (exact) mass is 327 g/mol. The highest BCUT2D eigenvalue weighted by Gasteiger charge is 2.17. The standard InChI is InChI=1S/C12H10BrNO3S/c1-8-3-2-4-10(14(15)16)12(8)17-7-9-5-6-11(13)18-9/h2-6H,7H2,1H3. The molecule has 1 heterocycles. The van der Waals surface area contributed by atoms with Crippen LogP contribution in [0.25, 0.3) is 0 Å². The van der Waals surface area contributed by atoms with Crippen molar-refractivity contribution >= 4 is 33.0 Å². The highest BCUT2D eigenvalue weighted by atomic mass is 79.9. The molecule has 0 atom stereocenters. The summed E-state index contributed by atoms with van der Waals surface area (Å²) >= 11 is 4.91. The Morgan fingerprint density at radius 1 is 1.39 bits per heavy atom. The smallest absolute Gasteiger partial charge is 0.311 e. The maximum Gasteiger partial charge on any atom is 0.311 e. The number of aryl methyl sites for hydroxylation is 1. The Labute approximate surface area is 116 Å². The molecule has 0 N–H and O–H groups in total. The molecule has 0 aliphatic carbocycles. The largest absolute Gasteiger partial charge is 0.481 e. The van der Waals surface area contributed by atoms with Gasteiger partial charge in [0.25, 0.3) is 0 Å². The van der Waals surface area contributed by atoms with Crippen molar-refractivity contribution in [1.82, 2.24) is 0 Å². The van der Waals surface area contributed by atoms with E-state index in [0.29, 0.717) is 12.4 Å². The number of hydrogen-bond donors (Lipinski definition) is 0.